The summed E-state index contributed by atoms with van der Waals surface area (Å²) in [6, 6.07) is 10.1. The fourth-order valence-corrected chi connectivity index (χ4v) is 10.2. The second-order valence-corrected chi connectivity index (χ2v) is 14.0. The van der Waals surface area contributed by atoms with Crippen molar-refractivity contribution in [2.75, 3.05) is 21.1 Å². The highest BCUT2D eigenvalue weighted by molar-refractivity contribution is 5.94. The van der Waals surface area contributed by atoms with E-state index in [1.165, 1.54) is 39.0 Å². The second-order valence-electron chi connectivity index (χ2n) is 14.0. The fraction of sp³-hybridized carbons (Fsp3) is 0.758. The summed E-state index contributed by atoms with van der Waals surface area (Å²) in [7, 11) is 6.39. The van der Waals surface area contributed by atoms with Gasteiger partial charge in [0.1, 0.15) is 6.10 Å². The monoisotopic (exact) mass is 522 g/mol. The van der Waals surface area contributed by atoms with E-state index in [-0.39, 0.29) is 29.4 Å². The number of amides is 1. The van der Waals surface area contributed by atoms with Crippen LogP contribution in [0.2, 0.25) is 0 Å². The van der Waals surface area contributed by atoms with Gasteiger partial charge >= 0.3 is 5.97 Å². The van der Waals surface area contributed by atoms with E-state index in [2.05, 4.69) is 39.8 Å². The lowest BCUT2D eigenvalue weighted by Gasteiger charge is -2.63. The predicted octanol–water partition coefficient (Wildman–Crippen LogP) is 6.28. The molecule has 0 unspecified atom stereocenters. The maximum atomic E-state index is 13.4. The number of hydrogen-bond acceptors (Lipinski definition) is 4. The van der Waals surface area contributed by atoms with Crippen molar-refractivity contribution >= 4 is 11.9 Å². The zero-order valence-electron chi connectivity index (χ0n) is 24.8. The van der Waals surface area contributed by atoms with Crippen LogP contribution >= 0.6 is 0 Å². The quantitative estimate of drug-likeness (QED) is 0.427. The molecule has 0 N–H and O–H groups in total. The molecule has 210 valence electrons. The van der Waals surface area contributed by atoms with E-state index in [1.54, 1.807) is 0 Å². The van der Waals surface area contributed by atoms with Crippen molar-refractivity contribution in [3.8, 4) is 0 Å². The van der Waals surface area contributed by atoms with Crippen molar-refractivity contribution in [2.24, 2.45) is 40.4 Å². The van der Waals surface area contributed by atoms with E-state index >= 15 is 0 Å². The Bertz CT molecular complexity index is 1030. The van der Waals surface area contributed by atoms with Crippen molar-refractivity contribution < 1.29 is 14.3 Å². The van der Waals surface area contributed by atoms with Crippen LogP contribution < -0.4 is 0 Å². The van der Waals surface area contributed by atoms with Crippen LogP contribution in [0, 0.1) is 40.4 Å². The van der Waals surface area contributed by atoms with Crippen molar-refractivity contribution in [3.05, 3.63) is 35.9 Å². The lowest BCUT2D eigenvalue weighted by molar-refractivity contribution is -0.185. The molecule has 1 aromatic carbocycles. The van der Waals surface area contributed by atoms with Crippen LogP contribution in [0.25, 0.3) is 0 Å². The van der Waals surface area contributed by atoms with Crippen LogP contribution in [0.15, 0.2) is 30.3 Å². The van der Waals surface area contributed by atoms with Gasteiger partial charge in [0.2, 0.25) is 0 Å². The summed E-state index contributed by atoms with van der Waals surface area (Å²) in [6.07, 6.45) is 9.42. The van der Waals surface area contributed by atoms with Crippen LogP contribution in [0.3, 0.4) is 0 Å². The maximum absolute atomic E-state index is 13.4. The highest BCUT2D eigenvalue weighted by Gasteiger charge is 2.63. The number of benzene rings is 1. The Morgan fingerprint density at radius 3 is 2.16 bits per heavy atom. The number of ether oxygens (including phenoxy) is 1. The summed E-state index contributed by atoms with van der Waals surface area (Å²) >= 11 is 0. The number of esters is 1. The molecule has 4 saturated carbocycles. The van der Waals surface area contributed by atoms with E-state index < -0.39 is 0 Å². The molecule has 5 rings (SSSR count). The van der Waals surface area contributed by atoms with E-state index in [0.717, 1.165) is 37.0 Å². The molecule has 10 atom stereocenters. The smallest absolute Gasteiger partial charge is 0.302 e. The first kappa shape index (κ1) is 27.7. The predicted molar refractivity (Wildman–Crippen MR) is 152 cm³/mol. The molecule has 1 aromatic rings. The van der Waals surface area contributed by atoms with Gasteiger partial charge in [-0.25, -0.2) is 0 Å². The molecule has 4 aliphatic carbocycles. The number of nitrogens with zero attached hydrogens (tertiary/aromatic N) is 2. The molecule has 1 amide bonds. The van der Waals surface area contributed by atoms with Crippen molar-refractivity contribution in [1.29, 1.82) is 0 Å². The van der Waals surface area contributed by atoms with E-state index in [1.807, 2.05) is 42.3 Å². The van der Waals surface area contributed by atoms with Crippen LogP contribution in [-0.4, -0.2) is 61.0 Å². The van der Waals surface area contributed by atoms with Crippen molar-refractivity contribution in [3.63, 3.8) is 0 Å². The molecule has 0 aromatic heterocycles. The van der Waals surface area contributed by atoms with Crippen LogP contribution in [0.5, 0.6) is 0 Å². The topological polar surface area (TPSA) is 49.9 Å². The summed E-state index contributed by atoms with van der Waals surface area (Å²) in [5, 5.41) is 0. The zero-order chi connectivity index (χ0) is 27.4. The Morgan fingerprint density at radius 1 is 0.868 bits per heavy atom. The second kappa shape index (κ2) is 10.3. The summed E-state index contributed by atoms with van der Waals surface area (Å²) < 4.78 is 6.17. The Balaban J connectivity index is 1.40. The molecular formula is C33H50N2O3. The number of carbonyl (C=O) groups is 2. The Kier molecular flexibility index (Phi) is 7.47. The van der Waals surface area contributed by atoms with E-state index in [4.69, 9.17) is 4.74 Å². The zero-order valence-corrected chi connectivity index (χ0v) is 24.8. The van der Waals surface area contributed by atoms with Crippen LogP contribution in [-0.2, 0) is 9.53 Å². The summed E-state index contributed by atoms with van der Waals surface area (Å²) in [5.74, 6) is 3.13. The summed E-state index contributed by atoms with van der Waals surface area (Å²) in [6.45, 7) is 9.09. The first-order valence-corrected chi connectivity index (χ1v) is 15.1. The van der Waals surface area contributed by atoms with Gasteiger partial charge in [0, 0.05) is 31.5 Å². The Hall–Kier alpha value is -1.88. The molecule has 4 aliphatic rings. The fourth-order valence-electron chi connectivity index (χ4n) is 10.2. The molecule has 0 radical (unpaired) electrons. The average molecular weight is 523 g/mol. The third-order valence-corrected chi connectivity index (χ3v) is 12.3. The van der Waals surface area contributed by atoms with Crippen LogP contribution in [0.1, 0.15) is 89.4 Å². The normalized spacial score (nSPS) is 41.0. The van der Waals surface area contributed by atoms with Gasteiger partial charge in [0.05, 0.1) is 6.04 Å². The van der Waals surface area contributed by atoms with Crippen LogP contribution in [0.4, 0.5) is 0 Å². The minimum absolute atomic E-state index is 0.0190. The first-order chi connectivity index (χ1) is 18.0. The molecule has 4 fully saturated rings. The Morgan fingerprint density at radius 2 is 1.50 bits per heavy atom. The van der Waals surface area contributed by atoms with Gasteiger partial charge in [-0.05, 0) is 119 Å². The SMILES string of the molecule is CC(=O)O[C@H]1[C@H](N(C)C(=O)c2ccccc2)CC[C@]2(C)[C@H]3CC[C@@]4(C)[C@H](CC[C@H]4[C@@H](C)N(C)C)[C@H]3CC[C@@H]12. The number of likely N-dealkylation sites (N-methyl/N-ethyl adjacent to an activating group) is 1. The van der Waals surface area contributed by atoms with E-state index in [9.17, 15) is 9.59 Å². The molecule has 0 aliphatic heterocycles. The summed E-state index contributed by atoms with van der Waals surface area (Å²) in [4.78, 5) is 30.1. The molecule has 0 bridgehead atoms. The van der Waals surface area contributed by atoms with Gasteiger partial charge in [0.25, 0.3) is 5.91 Å². The molecular weight excluding hydrogens is 472 g/mol. The van der Waals surface area contributed by atoms with Gasteiger partial charge in [-0.1, -0.05) is 32.0 Å². The standard InChI is InChI=1S/C33H50N2O3/c1-21(34(5)6)25-15-16-26-24-13-14-28-30(38-22(2)36)29(35(7)31(37)23-11-9-8-10-12-23)18-20-33(28,4)27(24)17-19-32(25,26)3/h8-12,21,24-30H,13-20H2,1-7H3/t21-,24-,25+,26-,27+,28+,29-,30-,32-,33-/m1/s1. The highest BCUT2D eigenvalue weighted by Crippen LogP contribution is 2.68. The third kappa shape index (κ3) is 4.41. The number of fused-ring (bicyclic) bond motifs is 5. The molecule has 38 heavy (non-hydrogen) atoms. The van der Waals surface area contributed by atoms with Gasteiger partial charge < -0.3 is 14.5 Å². The van der Waals surface area contributed by atoms with Gasteiger partial charge in [-0.2, -0.15) is 0 Å². The molecule has 5 heteroatoms. The lowest BCUT2D eigenvalue weighted by Crippen LogP contribution is -2.62. The largest absolute Gasteiger partial charge is 0.460 e. The average Bonchev–Trinajstić information content (AvgIpc) is 3.24. The van der Waals surface area contributed by atoms with E-state index in [0.29, 0.717) is 28.9 Å². The first-order valence-electron chi connectivity index (χ1n) is 15.1. The van der Waals surface area contributed by atoms with Gasteiger partial charge in [-0.15, -0.1) is 0 Å². The maximum Gasteiger partial charge on any atom is 0.302 e. The lowest BCUT2D eigenvalue weighted by atomic mass is 9.44. The van der Waals surface area contributed by atoms with Gasteiger partial charge in [-0.3, -0.25) is 9.59 Å². The minimum Gasteiger partial charge on any atom is -0.460 e. The Labute approximate surface area is 230 Å². The van der Waals surface area contributed by atoms with Crippen molar-refractivity contribution in [1.82, 2.24) is 9.80 Å². The number of carbonyl (C=O) groups excluding carboxylic acids is 2. The molecule has 0 spiro atoms. The minimum atomic E-state index is -0.233. The molecule has 5 nitrogen and oxygen atoms in total. The van der Waals surface area contributed by atoms with Crippen molar-refractivity contribution in [2.45, 2.75) is 97.2 Å². The van der Waals surface area contributed by atoms with Gasteiger partial charge in [0.15, 0.2) is 0 Å². The number of rotatable bonds is 5. The highest BCUT2D eigenvalue weighted by atomic mass is 16.5. The molecule has 0 heterocycles. The third-order valence-electron chi connectivity index (χ3n) is 12.3. The molecule has 0 saturated heterocycles. The summed E-state index contributed by atoms with van der Waals surface area (Å²) in [5.41, 5.74) is 1.29. The number of hydrogen-bond donors (Lipinski definition) is 0.